The van der Waals surface area contributed by atoms with Crippen LogP contribution in [0.15, 0.2) is 35.5 Å². The summed E-state index contributed by atoms with van der Waals surface area (Å²) >= 11 is 5.61. The molecule has 0 aromatic rings. The van der Waals surface area contributed by atoms with Gasteiger partial charge in [0.25, 0.3) is 0 Å². The molecule has 0 aromatic heterocycles. The lowest BCUT2D eigenvalue weighted by molar-refractivity contribution is 1.36. The number of alkyl halides is 1. The Bertz CT molecular complexity index is 171. The molecule has 0 saturated heterocycles. The highest BCUT2D eigenvalue weighted by Gasteiger charge is 1.95. The summed E-state index contributed by atoms with van der Waals surface area (Å²) in [6.45, 7) is 2.04. The first-order valence-corrected chi connectivity index (χ1v) is 3.48. The van der Waals surface area contributed by atoms with Crippen LogP contribution in [0.4, 0.5) is 0 Å². The van der Waals surface area contributed by atoms with Crippen molar-refractivity contribution in [2.75, 3.05) is 5.88 Å². The monoisotopic (exact) mass is 140 g/mol. The minimum Gasteiger partial charge on any atom is -0.122 e. The average Bonchev–Trinajstić information content (AvgIpc) is 2.37. The third kappa shape index (κ3) is 1.46. The predicted molar refractivity (Wildman–Crippen MR) is 41.7 cm³/mol. The van der Waals surface area contributed by atoms with Crippen molar-refractivity contribution in [2.45, 2.75) is 6.92 Å². The summed E-state index contributed by atoms with van der Waals surface area (Å²) < 4.78 is 0. The molecule has 0 spiro atoms. The van der Waals surface area contributed by atoms with Gasteiger partial charge in [-0.25, -0.2) is 0 Å². The molecule has 1 heteroatoms. The third-order valence-corrected chi connectivity index (χ3v) is 1.76. The summed E-state index contributed by atoms with van der Waals surface area (Å²) in [5, 5.41) is 0. The van der Waals surface area contributed by atoms with Gasteiger partial charge in [0.2, 0.25) is 0 Å². The number of rotatable bonds is 1. The molecule has 0 aliphatic heterocycles. The van der Waals surface area contributed by atoms with Crippen molar-refractivity contribution in [3.8, 4) is 0 Å². The molecule has 1 rings (SSSR count). The van der Waals surface area contributed by atoms with Crippen molar-refractivity contribution < 1.29 is 0 Å². The number of hydrogen-bond donors (Lipinski definition) is 0. The van der Waals surface area contributed by atoms with Crippen LogP contribution in [0.3, 0.4) is 0 Å². The van der Waals surface area contributed by atoms with E-state index < -0.39 is 0 Å². The lowest BCUT2D eigenvalue weighted by atomic mass is 10.2. The van der Waals surface area contributed by atoms with Crippen molar-refractivity contribution in [1.29, 1.82) is 0 Å². The van der Waals surface area contributed by atoms with Gasteiger partial charge >= 0.3 is 0 Å². The Hall–Kier alpha value is -0.490. The molecule has 0 unspecified atom stereocenters. The van der Waals surface area contributed by atoms with E-state index in [9.17, 15) is 0 Å². The maximum absolute atomic E-state index is 5.61. The van der Waals surface area contributed by atoms with Gasteiger partial charge in [0, 0.05) is 5.88 Å². The van der Waals surface area contributed by atoms with Crippen LogP contribution in [-0.2, 0) is 0 Å². The van der Waals surface area contributed by atoms with Crippen LogP contribution >= 0.6 is 11.6 Å². The summed E-state index contributed by atoms with van der Waals surface area (Å²) in [7, 11) is 0. The van der Waals surface area contributed by atoms with Crippen molar-refractivity contribution in [3.05, 3.63) is 35.5 Å². The minimum absolute atomic E-state index is 0.629. The quantitative estimate of drug-likeness (QED) is 0.492. The Balaban J connectivity index is 2.81. The number of allylic oxidation sites excluding steroid dienone is 6. The standard InChI is InChI=1S/C8H9Cl/c1-7(6-9)8-4-2-3-5-8/h2-5H,6H2,1H3. The van der Waals surface area contributed by atoms with Crippen LogP contribution in [0.5, 0.6) is 0 Å². The van der Waals surface area contributed by atoms with Gasteiger partial charge in [-0.3, -0.25) is 0 Å². The van der Waals surface area contributed by atoms with E-state index in [1.807, 2.05) is 19.1 Å². The van der Waals surface area contributed by atoms with Crippen LogP contribution in [0.1, 0.15) is 6.92 Å². The normalized spacial score (nSPS) is 15.1. The second-order valence-electron chi connectivity index (χ2n) is 2.09. The van der Waals surface area contributed by atoms with Gasteiger partial charge in [-0.1, -0.05) is 29.9 Å². The second kappa shape index (κ2) is 2.88. The lowest BCUT2D eigenvalue weighted by Crippen LogP contribution is -1.80. The molecule has 0 bridgehead atoms. The zero-order valence-corrected chi connectivity index (χ0v) is 6.15. The van der Waals surface area contributed by atoms with Crippen LogP contribution in [0, 0.1) is 0 Å². The number of hydrogen-bond acceptors (Lipinski definition) is 0. The van der Waals surface area contributed by atoms with E-state index in [1.54, 1.807) is 0 Å². The van der Waals surface area contributed by atoms with Gasteiger partial charge < -0.3 is 0 Å². The molecule has 0 N–H and O–H groups in total. The number of halogens is 1. The molecule has 1 aliphatic carbocycles. The molecule has 0 amide bonds. The lowest BCUT2D eigenvalue weighted by Gasteiger charge is -1.94. The van der Waals surface area contributed by atoms with E-state index in [0.29, 0.717) is 5.88 Å². The summed E-state index contributed by atoms with van der Waals surface area (Å²) in [5.41, 5.74) is 2.49. The molecule has 0 atom stereocenters. The molecule has 48 valence electrons. The summed E-state index contributed by atoms with van der Waals surface area (Å²) in [5.74, 6) is 0.629. The van der Waals surface area contributed by atoms with Crippen molar-refractivity contribution in [1.82, 2.24) is 0 Å². The average molecular weight is 141 g/mol. The predicted octanol–water partition coefficient (Wildman–Crippen LogP) is 2.67. The fourth-order valence-corrected chi connectivity index (χ4v) is 0.890. The first-order valence-electron chi connectivity index (χ1n) is 2.95. The Morgan fingerprint density at radius 1 is 1.44 bits per heavy atom. The smallest absolute Gasteiger partial charge is 0.0439 e. The van der Waals surface area contributed by atoms with Gasteiger partial charge in [0.05, 0.1) is 0 Å². The maximum atomic E-state index is 5.61. The first kappa shape index (κ1) is 6.63. The minimum atomic E-state index is 0.629. The first-order chi connectivity index (χ1) is 4.34. The molecular formula is C8H9Cl. The van der Waals surface area contributed by atoms with Crippen molar-refractivity contribution >= 4 is 11.6 Å². The third-order valence-electron chi connectivity index (χ3n) is 1.36. The highest BCUT2D eigenvalue weighted by atomic mass is 35.5. The Morgan fingerprint density at radius 3 is 2.44 bits per heavy atom. The molecule has 0 saturated carbocycles. The molecule has 0 aromatic carbocycles. The van der Waals surface area contributed by atoms with Crippen LogP contribution in [0.2, 0.25) is 0 Å². The molecule has 0 radical (unpaired) electrons. The summed E-state index contributed by atoms with van der Waals surface area (Å²) in [6.07, 6.45) is 8.17. The van der Waals surface area contributed by atoms with E-state index in [0.717, 1.165) is 0 Å². The fourth-order valence-electron chi connectivity index (χ4n) is 0.736. The highest BCUT2D eigenvalue weighted by Crippen LogP contribution is 2.13. The zero-order chi connectivity index (χ0) is 6.69. The van der Waals surface area contributed by atoms with Crippen molar-refractivity contribution in [3.63, 3.8) is 0 Å². The Labute approximate surface area is 60.5 Å². The van der Waals surface area contributed by atoms with Gasteiger partial charge in [0.1, 0.15) is 0 Å². The fraction of sp³-hybridized carbons (Fsp3) is 0.250. The van der Waals surface area contributed by atoms with Gasteiger partial charge in [-0.2, -0.15) is 0 Å². The molecular weight excluding hydrogens is 132 g/mol. The van der Waals surface area contributed by atoms with Gasteiger partial charge in [0.15, 0.2) is 0 Å². The van der Waals surface area contributed by atoms with Crippen LogP contribution < -0.4 is 0 Å². The van der Waals surface area contributed by atoms with Gasteiger partial charge in [-0.05, 0) is 12.5 Å². The summed E-state index contributed by atoms with van der Waals surface area (Å²) in [6, 6.07) is 0. The van der Waals surface area contributed by atoms with Crippen LogP contribution in [-0.4, -0.2) is 5.88 Å². The highest BCUT2D eigenvalue weighted by molar-refractivity contribution is 6.19. The Morgan fingerprint density at radius 2 is 2.00 bits per heavy atom. The molecule has 0 heterocycles. The van der Waals surface area contributed by atoms with Crippen molar-refractivity contribution in [2.24, 2.45) is 0 Å². The largest absolute Gasteiger partial charge is 0.122 e. The van der Waals surface area contributed by atoms with E-state index in [4.69, 9.17) is 11.6 Å². The molecule has 0 nitrogen and oxygen atoms in total. The SMILES string of the molecule is CC(CCl)=C1C=CC=C1. The van der Waals surface area contributed by atoms with E-state index in [2.05, 4.69) is 12.2 Å². The van der Waals surface area contributed by atoms with Crippen LogP contribution in [0.25, 0.3) is 0 Å². The maximum Gasteiger partial charge on any atom is 0.0439 e. The summed E-state index contributed by atoms with van der Waals surface area (Å²) in [4.78, 5) is 0. The van der Waals surface area contributed by atoms with E-state index in [1.165, 1.54) is 11.1 Å². The second-order valence-corrected chi connectivity index (χ2v) is 2.35. The molecule has 0 fully saturated rings. The Kier molecular flexibility index (Phi) is 2.12. The topological polar surface area (TPSA) is 0 Å². The van der Waals surface area contributed by atoms with E-state index >= 15 is 0 Å². The molecule has 1 aliphatic rings. The zero-order valence-electron chi connectivity index (χ0n) is 5.39. The van der Waals surface area contributed by atoms with Gasteiger partial charge in [-0.15, -0.1) is 11.6 Å². The van der Waals surface area contributed by atoms with E-state index in [-0.39, 0.29) is 0 Å². The molecule has 9 heavy (non-hydrogen) atoms.